The first-order chi connectivity index (χ1) is 15.0. The minimum atomic E-state index is -0.383. The summed E-state index contributed by atoms with van der Waals surface area (Å²) in [5, 5.41) is 0. The maximum Gasteiger partial charge on any atom is 0.309 e. The SMILES string of the molecule is CCCC[C@H]1CC[C@@H](CCCCCCCCCC(=O)OC)[C@@H](C(=O)OC)[C@H]1C(=O)OC. The van der Waals surface area contributed by atoms with Gasteiger partial charge in [0.05, 0.1) is 33.2 Å². The smallest absolute Gasteiger partial charge is 0.309 e. The van der Waals surface area contributed by atoms with Gasteiger partial charge in [-0.25, -0.2) is 0 Å². The van der Waals surface area contributed by atoms with Crippen molar-refractivity contribution in [1.82, 2.24) is 0 Å². The third-order valence-corrected chi connectivity index (χ3v) is 6.87. The van der Waals surface area contributed by atoms with E-state index in [2.05, 4.69) is 11.7 Å². The van der Waals surface area contributed by atoms with Gasteiger partial charge >= 0.3 is 17.9 Å². The van der Waals surface area contributed by atoms with E-state index >= 15 is 0 Å². The molecule has 4 atom stereocenters. The fourth-order valence-electron chi connectivity index (χ4n) is 5.10. The predicted molar refractivity (Wildman–Crippen MR) is 120 cm³/mol. The van der Waals surface area contributed by atoms with E-state index in [1.807, 2.05) is 0 Å². The zero-order chi connectivity index (χ0) is 23.1. The Morgan fingerprint density at radius 2 is 1.10 bits per heavy atom. The molecule has 1 saturated carbocycles. The van der Waals surface area contributed by atoms with Gasteiger partial charge in [0.25, 0.3) is 0 Å². The van der Waals surface area contributed by atoms with E-state index in [1.165, 1.54) is 21.3 Å². The molecule has 1 aliphatic carbocycles. The molecule has 1 aliphatic rings. The van der Waals surface area contributed by atoms with E-state index < -0.39 is 0 Å². The molecule has 0 heterocycles. The van der Waals surface area contributed by atoms with Gasteiger partial charge in [-0.2, -0.15) is 0 Å². The van der Waals surface area contributed by atoms with Crippen LogP contribution in [0.1, 0.15) is 96.8 Å². The normalized spacial score (nSPS) is 23.2. The molecule has 180 valence electrons. The summed E-state index contributed by atoms with van der Waals surface area (Å²) >= 11 is 0. The van der Waals surface area contributed by atoms with Gasteiger partial charge in [0.2, 0.25) is 0 Å². The molecule has 0 aliphatic heterocycles. The number of ether oxygens (including phenoxy) is 3. The third-order valence-electron chi connectivity index (χ3n) is 6.87. The molecule has 0 saturated heterocycles. The van der Waals surface area contributed by atoms with Crippen LogP contribution in [0, 0.1) is 23.7 Å². The Bertz CT molecular complexity index is 532. The molecule has 0 N–H and O–H groups in total. The summed E-state index contributed by atoms with van der Waals surface area (Å²) in [7, 11) is 4.27. The van der Waals surface area contributed by atoms with Gasteiger partial charge in [-0.05, 0) is 43.9 Å². The zero-order valence-electron chi connectivity index (χ0n) is 20.2. The van der Waals surface area contributed by atoms with Crippen molar-refractivity contribution in [2.45, 2.75) is 96.8 Å². The van der Waals surface area contributed by atoms with Crippen molar-refractivity contribution >= 4 is 17.9 Å². The van der Waals surface area contributed by atoms with Crippen LogP contribution in [0.5, 0.6) is 0 Å². The summed E-state index contributed by atoms with van der Waals surface area (Å²) in [5.74, 6) is -1.01. The second-order valence-electron chi connectivity index (χ2n) is 8.93. The van der Waals surface area contributed by atoms with Crippen molar-refractivity contribution in [2.75, 3.05) is 21.3 Å². The van der Waals surface area contributed by atoms with Crippen LogP contribution < -0.4 is 0 Å². The Kier molecular flexibility index (Phi) is 14.3. The number of methoxy groups -OCH3 is 3. The minimum absolute atomic E-state index is 0.130. The van der Waals surface area contributed by atoms with E-state index in [0.717, 1.165) is 83.5 Å². The molecular formula is C25H44O6. The molecule has 31 heavy (non-hydrogen) atoms. The van der Waals surface area contributed by atoms with Crippen LogP contribution in [0.25, 0.3) is 0 Å². The summed E-state index contributed by atoms with van der Waals surface area (Å²) in [6.45, 7) is 2.15. The average Bonchev–Trinajstić information content (AvgIpc) is 2.80. The number of esters is 3. The summed E-state index contributed by atoms with van der Waals surface area (Å²) < 4.78 is 14.9. The molecule has 1 fully saturated rings. The Labute approximate surface area is 188 Å². The lowest BCUT2D eigenvalue weighted by Crippen LogP contribution is -2.44. The fourth-order valence-corrected chi connectivity index (χ4v) is 5.10. The predicted octanol–water partition coefficient (Wildman–Crippen LogP) is 5.47. The van der Waals surface area contributed by atoms with Gasteiger partial charge in [-0.15, -0.1) is 0 Å². The molecule has 6 nitrogen and oxygen atoms in total. The first-order valence-corrected chi connectivity index (χ1v) is 12.2. The molecule has 0 aromatic heterocycles. The standard InChI is InChI=1S/C25H44O6/c1-5-6-14-19-17-18-20(23(25(28)31-4)22(19)24(27)30-3)15-12-10-8-7-9-11-13-16-21(26)29-2/h19-20,22-23H,5-18H2,1-4H3/t19-,20+,22-,23+/m0/s1. The Balaban J connectivity index is 2.49. The zero-order valence-corrected chi connectivity index (χ0v) is 20.2. The van der Waals surface area contributed by atoms with Gasteiger partial charge in [0, 0.05) is 6.42 Å². The van der Waals surface area contributed by atoms with Crippen LogP contribution in [0.15, 0.2) is 0 Å². The minimum Gasteiger partial charge on any atom is -0.469 e. The number of unbranched alkanes of at least 4 members (excludes halogenated alkanes) is 7. The van der Waals surface area contributed by atoms with E-state index in [4.69, 9.17) is 9.47 Å². The Hall–Kier alpha value is -1.59. The maximum atomic E-state index is 12.7. The van der Waals surface area contributed by atoms with Crippen molar-refractivity contribution < 1.29 is 28.6 Å². The molecule has 0 spiro atoms. The number of hydrogen-bond donors (Lipinski definition) is 0. The van der Waals surface area contributed by atoms with Crippen LogP contribution in [-0.4, -0.2) is 39.2 Å². The van der Waals surface area contributed by atoms with Crippen LogP contribution in [0.4, 0.5) is 0 Å². The Morgan fingerprint density at radius 1 is 0.645 bits per heavy atom. The molecule has 0 aromatic carbocycles. The van der Waals surface area contributed by atoms with E-state index in [1.54, 1.807) is 0 Å². The van der Waals surface area contributed by atoms with Crippen LogP contribution >= 0.6 is 0 Å². The van der Waals surface area contributed by atoms with E-state index in [9.17, 15) is 14.4 Å². The van der Waals surface area contributed by atoms with Gasteiger partial charge in [0.1, 0.15) is 0 Å². The first kappa shape index (κ1) is 27.4. The summed E-state index contributed by atoms with van der Waals surface area (Å²) in [5.41, 5.74) is 0. The quantitative estimate of drug-likeness (QED) is 0.191. The lowest BCUT2D eigenvalue weighted by atomic mass is 9.64. The van der Waals surface area contributed by atoms with Crippen molar-refractivity contribution in [2.24, 2.45) is 23.7 Å². The van der Waals surface area contributed by atoms with Gasteiger partial charge in [-0.1, -0.05) is 58.3 Å². The maximum absolute atomic E-state index is 12.7. The second kappa shape index (κ2) is 16.1. The van der Waals surface area contributed by atoms with Crippen molar-refractivity contribution in [3.8, 4) is 0 Å². The monoisotopic (exact) mass is 440 g/mol. The third kappa shape index (κ3) is 9.61. The van der Waals surface area contributed by atoms with E-state index in [-0.39, 0.29) is 41.6 Å². The van der Waals surface area contributed by atoms with E-state index in [0.29, 0.717) is 6.42 Å². The number of carbonyl (C=O) groups excluding carboxylic acids is 3. The largest absolute Gasteiger partial charge is 0.469 e. The number of rotatable bonds is 15. The molecule has 0 amide bonds. The molecule has 1 rings (SSSR count). The summed E-state index contributed by atoms with van der Waals surface area (Å²) in [4.78, 5) is 36.4. The van der Waals surface area contributed by atoms with Gasteiger partial charge in [0.15, 0.2) is 0 Å². The van der Waals surface area contributed by atoms with Crippen LogP contribution in [-0.2, 0) is 28.6 Å². The van der Waals surface area contributed by atoms with Crippen molar-refractivity contribution in [3.63, 3.8) is 0 Å². The van der Waals surface area contributed by atoms with Crippen molar-refractivity contribution in [3.05, 3.63) is 0 Å². The lowest BCUT2D eigenvalue weighted by molar-refractivity contribution is -0.166. The van der Waals surface area contributed by atoms with Gasteiger partial charge in [-0.3, -0.25) is 14.4 Å². The summed E-state index contributed by atoms with van der Waals surface area (Å²) in [6, 6.07) is 0. The topological polar surface area (TPSA) is 78.9 Å². The molecule has 6 heteroatoms. The molecule has 0 unspecified atom stereocenters. The highest BCUT2D eigenvalue weighted by Gasteiger charge is 2.47. The van der Waals surface area contributed by atoms with Crippen molar-refractivity contribution in [1.29, 1.82) is 0 Å². The lowest BCUT2D eigenvalue weighted by Gasteiger charge is -2.40. The summed E-state index contributed by atoms with van der Waals surface area (Å²) in [6.07, 6.45) is 14.1. The highest BCUT2D eigenvalue weighted by atomic mass is 16.5. The highest BCUT2D eigenvalue weighted by molar-refractivity contribution is 5.82. The first-order valence-electron chi connectivity index (χ1n) is 12.2. The van der Waals surface area contributed by atoms with Gasteiger partial charge < -0.3 is 14.2 Å². The molecular weight excluding hydrogens is 396 g/mol. The fraction of sp³-hybridized carbons (Fsp3) is 0.880. The van der Waals surface area contributed by atoms with Crippen LogP contribution in [0.2, 0.25) is 0 Å². The number of hydrogen-bond acceptors (Lipinski definition) is 6. The second-order valence-corrected chi connectivity index (χ2v) is 8.93. The molecule has 0 radical (unpaired) electrons. The molecule has 0 aromatic rings. The molecule has 0 bridgehead atoms. The Morgan fingerprint density at radius 3 is 1.55 bits per heavy atom. The number of carbonyl (C=O) groups is 3. The van der Waals surface area contributed by atoms with Crippen LogP contribution in [0.3, 0.4) is 0 Å². The average molecular weight is 441 g/mol. The highest BCUT2D eigenvalue weighted by Crippen LogP contribution is 2.44.